The van der Waals surface area contributed by atoms with Crippen LogP contribution in [0.15, 0.2) is 54.6 Å². The lowest BCUT2D eigenvalue weighted by Gasteiger charge is -2.08. The van der Waals surface area contributed by atoms with Gasteiger partial charge in [0.2, 0.25) is 5.91 Å². The fraction of sp³-hybridized carbons (Fsp3) is 0.278. The van der Waals surface area contributed by atoms with Gasteiger partial charge in [-0.25, -0.2) is 9.87 Å². The Labute approximate surface area is 135 Å². The smallest absolute Gasteiger partial charge is 0.243 e. The lowest BCUT2D eigenvalue weighted by molar-refractivity contribution is -0.134. The number of hydroxylamine groups is 1. The van der Waals surface area contributed by atoms with E-state index in [1.807, 2.05) is 30.3 Å². The van der Waals surface area contributed by atoms with E-state index >= 15 is 0 Å². The summed E-state index contributed by atoms with van der Waals surface area (Å²) < 4.78 is 18.8. The number of ether oxygens (including phenoxy) is 1. The lowest BCUT2D eigenvalue weighted by atomic mass is 10.1. The minimum absolute atomic E-state index is 0.221. The van der Waals surface area contributed by atoms with Crippen LogP contribution in [-0.2, 0) is 16.1 Å². The molecule has 0 saturated carbocycles. The molecule has 2 aromatic carbocycles. The number of amides is 1. The number of halogens is 1. The summed E-state index contributed by atoms with van der Waals surface area (Å²) in [5, 5.41) is 0. The number of carbonyl (C=O) groups excluding carboxylic acids is 1. The van der Waals surface area contributed by atoms with Crippen molar-refractivity contribution >= 4 is 5.91 Å². The van der Waals surface area contributed by atoms with Crippen molar-refractivity contribution in [3.8, 4) is 5.75 Å². The predicted molar refractivity (Wildman–Crippen MR) is 85.4 cm³/mol. The molecule has 0 aliphatic rings. The third kappa shape index (κ3) is 6.48. The quantitative estimate of drug-likeness (QED) is 0.570. The summed E-state index contributed by atoms with van der Waals surface area (Å²) in [6.07, 6.45) is 1.38. The highest BCUT2D eigenvalue weighted by molar-refractivity contribution is 5.74. The molecule has 0 bridgehead atoms. The molecule has 0 saturated heterocycles. The number of hydrogen-bond acceptors (Lipinski definition) is 3. The summed E-state index contributed by atoms with van der Waals surface area (Å²) >= 11 is 0. The maximum atomic E-state index is 13.4. The summed E-state index contributed by atoms with van der Waals surface area (Å²) in [4.78, 5) is 16.6. The van der Waals surface area contributed by atoms with Crippen molar-refractivity contribution in [1.82, 2.24) is 5.48 Å². The van der Waals surface area contributed by atoms with Crippen LogP contribution in [0.1, 0.15) is 18.4 Å². The number of rotatable bonds is 9. The Bertz CT molecular complexity index is 604. The summed E-state index contributed by atoms with van der Waals surface area (Å²) in [5.41, 5.74) is 2.98. The Balaban J connectivity index is 1.53. The zero-order valence-corrected chi connectivity index (χ0v) is 12.8. The molecule has 0 aliphatic carbocycles. The van der Waals surface area contributed by atoms with E-state index in [0.29, 0.717) is 25.0 Å². The molecule has 5 heteroatoms. The Morgan fingerprint density at radius 1 is 1.00 bits per heavy atom. The summed E-state index contributed by atoms with van der Waals surface area (Å²) in [6, 6.07) is 16.0. The molecule has 0 aromatic heterocycles. The normalized spacial score (nSPS) is 10.3. The number of hydrogen-bond donors (Lipinski definition) is 1. The van der Waals surface area contributed by atoms with E-state index in [2.05, 4.69) is 5.48 Å². The van der Waals surface area contributed by atoms with E-state index in [9.17, 15) is 9.18 Å². The summed E-state index contributed by atoms with van der Waals surface area (Å²) in [7, 11) is 0. The Hall–Kier alpha value is -2.40. The van der Waals surface area contributed by atoms with Crippen LogP contribution in [0, 0.1) is 5.82 Å². The fourth-order valence-corrected chi connectivity index (χ4v) is 2.04. The maximum absolute atomic E-state index is 13.4. The van der Waals surface area contributed by atoms with Crippen LogP contribution < -0.4 is 10.2 Å². The van der Waals surface area contributed by atoms with Gasteiger partial charge in [0.25, 0.3) is 0 Å². The first-order chi connectivity index (χ1) is 11.3. The molecule has 0 spiro atoms. The number of nitrogens with one attached hydrogen (secondary N) is 1. The van der Waals surface area contributed by atoms with Gasteiger partial charge in [-0.1, -0.05) is 36.4 Å². The second-order valence-corrected chi connectivity index (χ2v) is 4.98. The van der Waals surface area contributed by atoms with E-state index in [1.54, 1.807) is 18.2 Å². The number of carbonyl (C=O) groups is 1. The number of benzene rings is 2. The first-order valence-electron chi connectivity index (χ1n) is 7.57. The van der Waals surface area contributed by atoms with Crippen LogP contribution in [0.25, 0.3) is 0 Å². The average molecular weight is 317 g/mol. The van der Waals surface area contributed by atoms with Crippen LogP contribution in [0.3, 0.4) is 0 Å². The monoisotopic (exact) mass is 317 g/mol. The van der Waals surface area contributed by atoms with E-state index in [1.165, 1.54) is 6.07 Å². The molecule has 1 N–H and O–H groups in total. The molecule has 0 fully saturated rings. The van der Waals surface area contributed by atoms with E-state index in [-0.39, 0.29) is 24.8 Å². The third-order valence-electron chi connectivity index (χ3n) is 3.19. The third-order valence-corrected chi connectivity index (χ3v) is 3.19. The van der Waals surface area contributed by atoms with Crippen molar-refractivity contribution in [2.24, 2.45) is 0 Å². The van der Waals surface area contributed by atoms with Crippen molar-refractivity contribution in [2.75, 3.05) is 13.2 Å². The lowest BCUT2D eigenvalue weighted by Crippen LogP contribution is -2.25. The topological polar surface area (TPSA) is 47.6 Å². The molecule has 4 nitrogen and oxygen atoms in total. The van der Waals surface area contributed by atoms with Gasteiger partial charge < -0.3 is 4.74 Å². The standard InChI is InChI=1S/C18H20FNO3/c19-17-11-5-4-7-15(17)8-6-12-18(21)20-23-14-13-22-16-9-2-1-3-10-16/h1-5,7,9-11H,6,8,12-14H2,(H,20,21). The second kappa shape index (κ2) is 9.58. The molecule has 1 amide bonds. The van der Waals surface area contributed by atoms with Crippen LogP contribution in [0.2, 0.25) is 0 Å². The van der Waals surface area contributed by atoms with Gasteiger partial charge in [-0.05, 0) is 36.6 Å². The van der Waals surface area contributed by atoms with Crippen molar-refractivity contribution in [3.05, 3.63) is 66.0 Å². The van der Waals surface area contributed by atoms with E-state index in [0.717, 1.165) is 5.75 Å². The van der Waals surface area contributed by atoms with Crippen molar-refractivity contribution < 1.29 is 18.8 Å². The van der Waals surface area contributed by atoms with Crippen LogP contribution in [0.4, 0.5) is 4.39 Å². The highest BCUT2D eigenvalue weighted by Crippen LogP contribution is 2.10. The van der Waals surface area contributed by atoms with Crippen LogP contribution in [0.5, 0.6) is 5.75 Å². The minimum atomic E-state index is -0.234. The molecule has 0 heterocycles. The first-order valence-corrected chi connectivity index (χ1v) is 7.57. The second-order valence-electron chi connectivity index (χ2n) is 4.98. The fourth-order valence-electron chi connectivity index (χ4n) is 2.04. The Morgan fingerprint density at radius 3 is 2.52 bits per heavy atom. The van der Waals surface area contributed by atoms with Gasteiger partial charge in [0.15, 0.2) is 0 Å². The van der Waals surface area contributed by atoms with Gasteiger partial charge in [0, 0.05) is 6.42 Å². The maximum Gasteiger partial charge on any atom is 0.243 e. The zero-order chi connectivity index (χ0) is 16.3. The highest BCUT2D eigenvalue weighted by Gasteiger charge is 2.04. The molecule has 0 unspecified atom stereocenters. The van der Waals surface area contributed by atoms with E-state index < -0.39 is 0 Å². The van der Waals surface area contributed by atoms with Gasteiger partial charge in [0.05, 0.1) is 0 Å². The van der Waals surface area contributed by atoms with Gasteiger partial charge in [-0.3, -0.25) is 9.63 Å². The molecule has 0 aliphatic heterocycles. The molecule has 0 radical (unpaired) electrons. The van der Waals surface area contributed by atoms with Gasteiger partial charge in [-0.15, -0.1) is 0 Å². The Morgan fingerprint density at radius 2 is 1.74 bits per heavy atom. The molecule has 23 heavy (non-hydrogen) atoms. The predicted octanol–water partition coefficient (Wildman–Crippen LogP) is 3.28. The zero-order valence-electron chi connectivity index (χ0n) is 12.8. The SMILES string of the molecule is O=C(CCCc1ccccc1F)NOCCOc1ccccc1. The molecule has 122 valence electrons. The van der Waals surface area contributed by atoms with Crippen molar-refractivity contribution in [2.45, 2.75) is 19.3 Å². The Kier molecular flexibility index (Phi) is 7.07. The largest absolute Gasteiger partial charge is 0.491 e. The average Bonchev–Trinajstić information content (AvgIpc) is 2.57. The molecule has 2 aromatic rings. The van der Waals surface area contributed by atoms with Gasteiger partial charge in [0.1, 0.15) is 24.8 Å². The van der Waals surface area contributed by atoms with Crippen LogP contribution in [-0.4, -0.2) is 19.1 Å². The van der Waals surface area contributed by atoms with Crippen molar-refractivity contribution in [3.63, 3.8) is 0 Å². The minimum Gasteiger partial charge on any atom is -0.491 e. The van der Waals surface area contributed by atoms with Gasteiger partial charge >= 0.3 is 0 Å². The van der Waals surface area contributed by atoms with Crippen molar-refractivity contribution in [1.29, 1.82) is 0 Å². The summed E-state index contributed by atoms with van der Waals surface area (Å²) in [5.74, 6) is 0.301. The molecular formula is C18H20FNO3. The summed E-state index contributed by atoms with van der Waals surface area (Å²) in [6.45, 7) is 0.605. The molecular weight excluding hydrogens is 297 g/mol. The van der Waals surface area contributed by atoms with Gasteiger partial charge in [-0.2, -0.15) is 0 Å². The van der Waals surface area contributed by atoms with E-state index in [4.69, 9.17) is 9.57 Å². The molecule has 0 atom stereocenters. The molecule has 2 rings (SSSR count). The first kappa shape index (κ1) is 17.0. The van der Waals surface area contributed by atoms with Crippen LogP contribution >= 0.6 is 0 Å². The number of para-hydroxylation sites is 1. The number of aryl methyl sites for hydroxylation is 1. The highest BCUT2D eigenvalue weighted by atomic mass is 19.1.